The summed E-state index contributed by atoms with van der Waals surface area (Å²) < 4.78 is 0. The van der Waals surface area contributed by atoms with E-state index in [0.717, 1.165) is 18.8 Å². The molecule has 3 nitrogen and oxygen atoms in total. The van der Waals surface area contributed by atoms with E-state index in [0.29, 0.717) is 30.6 Å². The summed E-state index contributed by atoms with van der Waals surface area (Å²) in [6, 6.07) is 0.470. The summed E-state index contributed by atoms with van der Waals surface area (Å²) >= 11 is 0. The van der Waals surface area contributed by atoms with E-state index in [1.165, 1.54) is 19.3 Å². The molecule has 2 fully saturated rings. The van der Waals surface area contributed by atoms with Gasteiger partial charge in [0.15, 0.2) is 0 Å². The first-order chi connectivity index (χ1) is 8.15. The Morgan fingerprint density at radius 3 is 2.82 bits per heavy atom. The Bertz CT molecular complexity index is 279. The van der Waals surface area contributed by atoms with Crippen LogP contribution >= 0.6 is 0 Å². The van der Waals surface area contributed by atoms with Gasteiger partial charge in [-0.25, -0.2) is 0 Å². The first-order valence-electron chi connectivity index (χ1n) is 7.19. The molecule has 2 aliphatic rings. The quantitative estimate of drug-likeness (QED) is 0.818. The Kier molecular flexibility index (Phi) is 4.08. The molecule has 0 aromatic carbocycles. The molecule has 0 aromatic rings. The van der Waals surface area contributed by atoms with Crippen molar-refractivity contribution in [2.75, 3.05) is 6.54 Å². The van der Waals surface area contributed by atoms with Crippen molar-refractivity contribution in [3.8, 4) is 0 Å². The summed E-state index contributed by atoms with van der Waals surface area (Å²) in [4.78, 5) is 14.2. The van der Waals surface area contributed by atoms with Gasteiger partial charge >= 0.3 is 0 Å². The lowest BCUT2D eigenvalue weighted by molar-refractivity contribution is -0.132. The number of carbonyl (C=O) groups excluding carboxylic acids is 1. The molecule has 0 spiro atoms. The fourth-order valence-electron chi connectivity index (χ4n) is 3.45. The molecule has 1 aliphatic heterocycles. The van der Waals surface area contributed by atoms with Gasteiger partial charge < -0.3 is 4.90 Å². The van der Waals surface area contributed by atoms with Crippen molar-refractivity contribution in [3.63, 3.8) is 0 Å². The van der Waals surface area contributed by atoms with Crippen molar-refractivity contribution in [1.82, 2.24) is 10.2 Å². The van der Waals surface area contributed by atoms with Crippen LogP contribution in [0.2, 0.25) is 0 Å². The number of amides is 1. The SMILES string of the molecule is CCCC1NCC(=O)N1C1CCCC(C)C1C. The summed E-state index contributed by atoms with van der Waals surface area (Å²) in [5, 5.41) is 3.37. The maximum absolute atomic E-state index is 12.1. The number of hydrogen-bond acceptors (Lipinski definition) is 2. The third-order valence-corrected chi connectivity index (χ3v) is 4.70. The monoisotopic (exact) mass is 238 g/mol. The third-order valence-electron chi connectivity index (χ3n) is 4.70. The van der Waals surface area contributed by atoms with Crippen molar-refractivity contribution in [2.45, 2.75) is 65.1 Å². The van der Waals surface area contributed by atoms with Crippen molar-refractivity contribution in [1.29, 1.82) is 0 Å². The molecular weight excluding hydrogens is 212 g/mol. The summed E-state index contributed by atoms with van der Waals surface area (Å²) in [5.41, 5.74) is 0. The molecule has 1 saturated heterocycles. The van der Waals surface area contributed by atoms with Gasteiger partial charge in [-0.3, -0.25) is 10.1 Å². The van der Waals surface area contributed by atoms with E-state index in [9.17, 15) is 4.79 Å². The summed E-state index contributed by atoms with van der Waals surface area (Å²) in [7, 11) is 0. The average molecular weight is 238 g/mol. The van der Waals surface area contributed by atoms with Crippen LogP contribution in [0, 0.1) is 11.8 Å². The van der Waals surface area contributed by atoms with Crippen LogP contribution < -0.4 is 5.32 Å². The van der Waals surface area contributed by atoms with Crippen LogP contribution in [0.3, 0.4) is 0 Å². The lowest BCUT2D eigenvalue weighted by atomic mass is 9.77. The minimum atomic E-state index is 0.297. The lowest BCUT2D eigenvalue weighted by Crippen LogP contribution is -2.50. The number of nitrogens with zero attached hydrogens (tertiary/aromatic N) is 1. The van der Waals surface area contributed by atoms with Crippen molar-refractivity contribution in [3.05, 3.63) is 0 Å². The highest BCUT2D eigenvalue weighted by Gasteiger charge is 2.40. The summed E-state index contributed by atoms with van der Waals surface area (Å²) in [6.45, 7) is 7.39. The molecule has 1 heterocycles. The lowest BCUT2D eigenvalue weighted by Gasteiger charge is -2.42. The van der Waals surface area contributed by atoms with Crippen LogP contribution in [-0.4, -0.2) is 29.6 Å². The molecule has 0 aromatic heterocycles. The molecule has 2 rings (SSSR count). The van der Waals surface area contributed by atoms with E-state index < -0.39 is 0 Å². The highest BCUT2D eigenvalue weighted by molar-refractivity contribution is 5.81. The Morgan fingerprint density at radius 2 is 2.12 bits per heavy atom. The zero-order valence-electron chi connectivity index (χ0n) is 11.4. The maximum atomic E-state index is 12.1. The molecule has 4 unspecified atom stereocenters. The van der Waals surface area contributed by atoms with E-state index in [1.807, 2.05) is 0 Å². The zero-order valence-corrected chi connectivity index (χ0v) is 11.4. The van der Waals surface area contributed by atoms with Crippen LogP contribution in [0.25, 0.3) is 0 Å². The van der Waals surface area contributed by atoms with Crippen molar-refractivity contribution >= 4 is 5.91 Å². The number of rotatable bonds is 3. The Hall–Kier alpha value is -0.570. The highest BCUT2D eigenvalue weighted by atomic mass is 16.2. The molecule has 4 atom stereocenters. The van der Waals surface area contributed by atoms with Crippen LogP contribution in [0.1, 0.15) is 52.9 Å². The maximum Gasteiger partial charge on any atom is 0.238 e. The number of carbonyl (C=O) groups is 1. The largest absolute Gasteiger partial charge is 0.323 e. The normalized spacial score (nSPS) is 38.8. The van der Waals surface area contributed by atoms with E-state index in [-0.39, 0.29) is 0 Å². The van der Waals surface area contributed by atoms with Crippen LogP contribution in [0.4, 0.5) is 0 Å². The molecule has 3 heteroatoms. The smallest absolute Gasteiger partial charge is 0.238 e. The Balaban J connectivity index is 2.09. The molecule has 1 N–H and O–H groups in total. The van der Waals surface area contributed by atoms with Crippen molar-refractivity contribution < 1.29 is 4.79 Å². The topological polar surface area (TPSA) is 32.3 Å². The fourth-order valence-corrected chi connectivity index (χ4v) is 3.45. The second-order valence-corrected chi connectivity index (χ2v) is 5.82. The molecule has 98 valence electrons. The molecule has 17 heavy (non-hydrogen) atoms. The highest BCUT2D eigenvalue weighted by Crippen LogP contribution is 2.34. The van der Waals surface area contributed by atoms with Gasteiger partial charge in [-0.05, 0) is 24.7 Å². The van der Waals surface area contributed by atoms with E-state index in [4.69, 9.17) is 0 Å². The predicted octanol–water partition coefficient (Wildman–Crippen LogP) is 2.37. The van der Waals surface area contributed by atoms with Crippen molar-refractivity contribution in [2.24, 2.45) is 11.8 Å². The van der Waals surface area contributed by atoms with Crippen LogP contribution in [-0.2, 0) is 4.79 Å². The zero-order chi connectivity index (χ0) is 12.4. The van der Waals surface area contributed by atoms with Gasteiger partial charge in [0.25, 0.3) is 0 Å². The Morgan fingerprint density at radius 1 is 1.35 bits per heavy atom. The van der Waals surface area contributed by atoms with E-state index in [2.05, 4.69) is 31.0 Å². The molecule has 1 amide bonds. The predicted molar refractivity (Wildman–Crippen MR) is 69.5 cm³/mol. The Labute approximate surface area is 105 Å². The molecule has 0 radical (unpaired) electrons. The first kappa shape index (κ1) is 12.9. The van der Waals surface area contributed by atoms with Gasteiger partial charge in [0, 0.05) is 6.04 Å². The van der Waals surface area contributed by atoms with Crippen LogP contribution in [0.5, 0.6) is 0 Å². The third kappa shape index (κ3) is 2.49. The molecule has 0 bridgehead atoms. The summed E-state index contributed by atoms with van der Waals surface area (Å²) in [6.07, 6.45) is 6.32. The second-order valence-electron chi connectivity index (χ2n) is 5.82. The second kappa shape index (κ2) is 5.38. The van der Waals surface area contributed by atoms with Gasteiger partial charge in [-0.2, -0.15) is 0 Å². The minimum absolute atomic E-state index is 0.297. The fraction of sp³-hybridized carbons (Fsp3) is 0.929. The van der Waals surface area contributed by atoms with Crippen LogP contribution in [0.15, 0.2) is 0 Å². The van der Waals surface area contributed by atoms with Gasteiger partial charge in [0.2, 0.25) is 5.91 Å². The molecular formula is C14H26N2O. The van der Waals surface area contributed by atoms with Gasteiger partial charge in [-0.1, -0.05) is 40.0 Å². The standard InChI is InChI=1S/C14H26N2O/c1-4-6-13-15-9-14(17)16(13)12-8-5-7-10(2)11(12)3/h10-13,15H,4-9H2,1-3H3. The number of nitrogens with one attached hydrogen (secondary N) is 1. The van der Waals surface area contributed by atoms with Gasteiger partial charge in [0.1, 0.15) is 0 Å². The van der Waals surface area contributed by atoms with Gasteiger partial charge in [-0.15, -0.1) is 0 Å². The van der Waals surface area contributed by atoms with E-state index in [1.54, 1.807) is 0 Å². The van der Waals surface area contributed by atoms with Gasteiger partial charge in [0.05, 0.1) is 12.7 Å². The summed E-state index contributed by atoms with van der Waals surface area (Å²) in [5.74, 6) is 1.71. The van der Waals surface area contributed by atoms with E-state index >= 15 is 0 Å². The number of hydrogen-bond donors (Lipinski definition) is 1. The first-order valence-corrected chi connectivity index (χ1v) is 7.19. The average Bonchev–Trinajstić information content (AvgIpc) is 2.65. The molecule has 1 aliphatic carbocycles. The minimum Gasteiger partial charge on any atom is -0.323 e. The molecule has 1 saturated carbocycles.